The maximum Gasteiger partial charge on any atom is 0.251 e. The van der Waals surface area contributed by atoms with E-state index in [-0.39, 0.29) is 10.8 Å². The SMILES string of the molecule is Cc1cc(C(=O)NCc2ccc(CN(C)C)cc2)cc(S(=O)(=O)N(C)C)c1C. The molecule has 0 atom stereocenters. The third kappa shape index (κ3) is 5.19. The molecule has 0 aliphatic heterocycles. The number of hydrogen-bond acceptors (Lipinski definition) is 4. The molecular formula is C21H29N3O3S. The molecule has 28 heavy (non-hydrogen) atoms. The van der Waals surface area contributed by atoms with Crippen LogP contribution in [-0.2, 0) is 23.1 Å². The molecule has 0 aliphatic rings. The Morgan fingerprint density at radius 2 is 1.54 bits per heavy atom. The minimum atomic E-state index is -3.62. The predicted octanol–water partition coefficient (Wildman–Crippen LogP) is 2.55. The average Bonchev–Trinajstić information content (AvgIpc) is 2.62. The van der Waals surface area contributed by atoms with E-state index in [1.54, 1.807) is 13.0 Å². The van der Waals surface area contributed by atoms with Crippen molar-refractivity contribution in [2.45, 2.75) is 31.8 Å². The van der Waals surface area contributed by atoms with E-state index in [4.69, 9.17) is 0 Å². The fourth-order valence-electron chi connectivity index (χ4n) is 2.83. The number of carbonyl (C=O) groups excluding carboxylic acids is 1. The molecule has 0 aromatic heterocycles. The van der Waals surface area contributed by atoms with Gasteiger partial charge in [-0.15, -0.1) is 0 Å². The third-order valence-electron chi connectivity index (χ3n) is 4.62. The van der Waals surface area contributed by atoms with Crippen molar-refractivity contribution >= 4 is 15.9 Å². The van der Waals surface area contributed by atoms with Gasteiger partial charge in [0.25, 0.3) is 5.91 Å². The highest BCUT2D eigenvalue weighted by atomic mass is 32.2. The molecule has 1 N–H and O–H groups in total. The summed E-state index contributed by atoms with van der Waals surface area (Å²) in [6, 6.07) is 11.2. The molecule has 0 saturated carbocycles. The molecule has 2 aromatic carbocycles. The highest BCUT2D eigenvalue weighted by molar-refractivity contribution is 7.89. The fourth-order valence-corrected chi connectivity index (χ4v) is 4.05. The summed E-state index contributed by atoms with van der Waals surface area (Å²) in [6.45, 7) is 4.80. The molecule has 0 spiro atoms. The zero-order valence-electron chi connectivity index (χ0n) is 17.4. The average molecular weight is 404 g/mol. The largest absolute Gasteiger partial charge is 0.348 e. The van der Waals surface area contributed by atoms with Crippen molar-refractivity contribution in [2.75, 3.05) is 28.2 Å². The van der Waals surface area contributed by atoms with Gasteiger partial charge in [0, 0.05) is 32.7 Å². The molecule has 7 heteroatoms. The van der Waals surface area contributed by atoms with Crippen LogP contribution in [0, 0.1) is 13.8 Å². The molecule has 0 saturated heterocycles. The lowest BCUT2D eigenvalue weighted by molar-refractivity contribution is 0.0950. The Morgan fingerprint density at radius 1 is 0.964 bits per heavy atom. The summed E-state index contributed by atoms with van der Waals surface area (Å²) < 4.78 is 26.3. The van der Waals surface area contributed by atoms with E-state index in [1.807, 2.05) is 45.3 Å². The van der Waals surface area contributed by atoms with E-state index in [0.29, 0.717) is 17.7 Å². The second-order valence-electron chi connectivity index (χ2n) is 7.44. The molecule has 0 aliphatic carbocycles. The smallest absolute Gasteiger partial charge is 0.251 e. The lowest BCUT2D eigenvalue weighted by atomic mass is 10.1. The van der Waals surface area contributed by atoms with Crippen LogP contribution in [0.2, 0.25) is 0 Å². The first-order chi connectivity index (χ1) is 13.0. The Hall–Kier alpha value is -2.22. The van der Waals surface area contributed by atoms with E-state index in [2.05, 4.69) is 10.2 Å². The topological polar surface area (TPSA) is 69.7 Å². The number of nitrogens with one attached hydrogen (secondary N) is 1. The summed E-state index contributed by atoms with van der Waals surface area (Å²) in [7, 11) is 3.38. The Bertz CT molecular complexity index is 950. The predicted molar refractivity (Wildman–Crippen MR) is 112 cm³/mol. The second-order valence-corrected chi connectivity index (χ2v) is 9.56. The van der Waals surface area contributed by atoms with Gasteiger partial charge in [0.15, 0.2) is 0 Å². The first kappa shape index (κ1) is 22.1. The molecule has 2 aromatic rings. The number of benzene rings is 2. The molecular weight excluding hydrogens is 374 g/mol. The van der Waals surface area contributed by atoms with E-state index >= 15 is 0 Å². The van der Waals surface area contributed by atoms with Gasteiger partial charge in [-0.25, -0.2) is 12.7 Å². The summed E-state index contributed by atoms with van der Waals surface area (Å²) in [5, 5.41) is 2.87. The molecule has 0 fully saturated rings. The molecule has 2 rings (SSSR count). The Kier molecular flexibility index (Phi) is 6.98. The van der Waals surface area contributed by atoms with Crippen LogP contribution in [0.15, 0.2) is 41.3 Å². The summed E-state index contributed by atoms with van der Waals surface area (Å²) in [6.07, 6.45) is 0. The quantitative estimate of drug-likeness (QED) is 0.771. The molecule has 1 amide bonds. The fraction of sp³-hybridized carbons (Fsp3) is 0.381. The van der Waals surface area contributed by atoms with Crippen LogP contribution in [0.5, 0.6) is 0 Å². The zero-order chi connectivity index (χ0) is 21.1. The first-order valence-corrected chi connectivity index (χ1v) is 10.5. The van der Waals surface area contributed by atoms with Crippen molar-refractivity contribution in [3.05, 3.63) is 64.2 Å². The van der Waals surface area contributed by atoms with Crippen LogP contribution < -0.4 is 5.32 Å². The molecule has 0 unspecified atom stereocenters. The van der Waals surface area contributed by atoms with Crippen LogP contribution in [0.1, 0.15) is 32.6 Å². The van der Waals surface area contributed by atoms with Crippen LogP contribution in [0.4, 0.5) is 0 Å². The van der Waals surface area contributed by atoms with Gasteiger partial charge < -0.3 is 10.2 Å². The summed E-state index contributed by atoms with van der Waals surface area (Å²) in [5.41, 5.74) is 3.95. The highest BCUT2D eigenvalue weighted by Crippen LogP contribution is 2.23. The summed E-state index contributed by atoms with van der Waals surface area (Å²) >= 11 is 0. The molecule has 0 heterocycles. The normalized spacial score (nSPS) is 11.9. The number of rotatable bonds is 7. The first-order valence-electron chi connectivity index (χ1n) is 9.07. The van der Waals surface area contributed by atoms with E-state index in [1.165, 1.54) is 25.7 Å². The number of aryl methyl sites for hydroxylation is 1. The van der Waals surface area contributed by atoms with Crippen LogP contribution >= 0.6 is 0 Å². The third-order valence-corrected chi connectivity index (χ3v) is 6.56. The van der Waals surface area contributed by atoms with Gasteiger partial charge in [-0.2, -0.15) is 0 Å². The number of nitrogens with zero attached hydrogens (tertiary/aromatic N) is 2. The number of sulfonamides is 1. The van der Waals surface area contributed by atoms with Crippen molar-refractivity contribution in [3.8, 4) is 0 Å². The van der Waals surface area contributed by atoms with E-state index in [9.17, 15) is 13.2 Å². The van der Waals surface area contributed by atoms with Gasteiger partial charge >= 0.3 is 0 Å². The van der Waals surface area contributed by atoms with Gasteiger partial charge in [-0.3, -0.25) is 4.79 Å². The Labute approximate surface area is 168 Å². The van der Waals surface area contributed by atoms with Crippen molar-refractivity contribution < 1.29 is 13.2 Å². The highest BCUT2D eigenvalue weighted by Gasteiger charge is 2.22. The van der Waals surface area contributed by atoms with Crippen LogP contribution in [0.25, 0.3) is 0 Å². The van der Waals surface area contributed by atoms with Crippen molar-refractivity contribution in [2.24, 2.45) is 0 Å². The maximum absolute atomic E-state index is 12.6. The van der Waals surface area contributed by atoms with Gasteiger partial charge in [0.05, 0.1) is 4.90 Å². The molecule has 0 bridgehead atoms. The van der Waals surface area contributed by atoms with Crippen molar-refractivity contribution in [1.29, 1.82) is 0 Å². The minimum Gasteiger partial charge on any atom is -0.348 e. The number of amides is 1. The van der Waals surface area contributed by atoms with Crippen molar-refractivity contribution in [1.82, 2.24) is 14.5 Å². The monoisotopic (exact) mass is 403 g/mol. The zero-order valence-corrected chi connectivity index (χ0v) is 18.2. The molecule has 6 nitrogen and oxygen atoms in total. The lowest BCUT2D eigenvalue weighted by Crippen LogP contribution is -2.26. The maximum atomic E-state index is 12.6. The van der Waals surface area contributed by atoms with Crippen LogP contribution in [0.3, 0.4) is 0 Å². The Morgan fingerprint density at radius 3 is 2.07 bits per heavy atom. The van der Waals surface area contributed by atoms with Gasteiger partial charge in [-0.1, -0.05) is 24.3 Å². The molecule has 152 valence electrons. The van der Waals surface area contributed by atoms with Crippen LogP contribution in [-0.4, -0.2) is 51.7 Å². The summed E-state index contributed by atoms with van der Waals surface area (Å²) in [5.74, 6) is -0.296. The minimum absolute atomic E-state index is 0.163. The Balaban J connectivity index is 2.17. The number of carbonyl (C=O) groups is 1. The second kappa shape index (κ2) is 8.86. The number of hydrogen-bond donors (Lipinski definition) is 1. The standard InChI is InChI=1S/C21H29N3O3S/c1-15-11-19(12-20(16(15)2)28(26,27)24(5)6)21(25)22-13-17-7-9-18(10-8-17)14-23(3)4/h7-12H,13-14H2,1-6H3,(H,22,25). The van der Waals surface area contributed by atoms with Gasteiger partial charge in [0.2, 0.25) is 10.0 Å². The van der Waals surface area contributed by atoms with E-state index < -0.39 is 10.0 Å². The lowest BCUT2D eigenvalue weighted by Gasteiger charge is -2.16. The van der Waals surface area contributed by atoms with Crippen molar-refractivity contribution in [3.63, 3.8) is 0 Å². The summed E-state index contributed by atoms with van der Waals surface area (Å²) in [4.78, 5) is 14.9. The van der Waals surface area contributed by atoms with Gasteiger partial charge in [0.1, 0.15) is 0 Å². The van der Waals surface area contributed by atoms with Gasteiger partial charge in [-0.05, 0) is 62.3 Å². The molecule has 0 radical (unpaired) electrons. The van der Waals surface area contributed by atoms with E-state index in [0.717, 1.165) is 22.0 Å².